The lowest BCUT2D eigenvalue weighted by molar-refractivity contribution is -0.749. The van der Waals surface area contributed by atoms with Crippen molar-refractivity contribution in [3.05, 3.63) is 79.0 Å². The predicted octanol–water partition coefficient (Wildman–Crippen LogP) is 4.22. The number of aromatic amines is 2. The van der Waals surface area contributed by atoms with Crippen molar-refractivity contribution in [2.75, 3.05) is 15.8 Å². The van der Waals surface area contributed by atoms with E-state index in [0.717, 1.165) is 29.4 Å². The van der Waals surface area contributed by atoms with Crippen molar-refractivity contribution in [3.8, 4) is 11.4 Å². The van der Waals surface area contributed by atoms with E-state index in [2.05, 4.69) is 41.9 Å². The van der Waals surface area contributed by atoms with Crippen LogP contribution in [0.3, 0.4) is 0 Å². The number of pyridine rings is 1. The molecule has 0 saturated heterocycles. The van der Waals surface area contributed by atoms with Crippen LogP contribution in [0.5, 0.6) is 0 Å². The first kappa shape index (κ1) is 25.9. The minimum absolute atomic E-state index is 0.0978. The number of thioether (sulfide) groups is 1. The Labute approximate surface area is 226 Å². The van der Waals surface area contributed by atoms with Gasteiger partial charge in [-0.1, -0.05) is 30.7 Å². The van der Waals surface area contributed by atoms with E-state index in [1.807, 2.05) is 18.2 Å². The molecule has 2 aromatic heterocycles. The second kappa shape index (κ2) is 11.8. The van der Waals surface area contributed by atoms with E-state index in [4.69, 9.17) is 0 Å². The number of sulfonamides is 1. The van der Waals surface area contributed by atoms with Gasteiger partial charge in [-0.3, -0.25) is 4.79 Å². The van der Waals surface area contributed by atoms with Crippen molar-refractivity contribution in [1.82, 2.24) is 10.2 Å². The molecule has 0 aliphatic heterocycles. The molecule has 4 aromatic rings. The van der Waals surface area contributed by atoms with Crippen molar-refractivity contribution in [3.63, 3.8) is 0 Å². The van der Waals surface area contributed by atoms with Crippen LogP contribution < -0.4 is 19.6 Å². The number of carbonyl (C=O) groups is 1. The van der Waals surface area contributed by atoms with Crippen molar-refractivity contribution >= 4 is 39.2 Å². The minimum Gasteiger partial charge on any atom is -0.325 e. The number of hydrogen-bond donors (Lipinski definition) is 3. The Morgan fingerprint density at radius 1 is 1.00 bits per heavy atom. The number of anilines is 2. The van der Waals surface area contributed by atoms with Crippen LogP contribution in [-0.4, -0.2) is 30.3 Å². The predicted molar refractivity (Wildman–Crippen MR) is 146 cm³/mol. The third-order valence-electron chi connectivity index (χ3n) is 6.43. The highest BCUT2D eigenvalue weighted by Gasteiger charge is 2.30. The Morgan fingerprint density at radius 3 is 2.45 bits per heavy atom. The maximum absolute atomic E-state index is 12.8. The van der Waals surface area contributed by atoms with Gasteiger partial charge >= 0.3 is 15.2 Å². The molecule has 4 N–H and O–H groups in total. The lowest BCUT2D eigenvalue weighted by Gasteiger charge is -2.21. The molecular formula is C27H30N6O3S2+2. The first-order valence-corrected chi connectivity index (χ1v) is 15.0. The maximum atomic E-state index is 12.8. The molecule has 2 heterocycles. The minimum atomic E-state index is -3.75. The average Bonchev–Trinajstić information content (AvgIpc) is 3.37. The summed E-state index contributed by atoms with van der Waals surface area (Å²) < 4.78 is 30.0. The van der Waals surface area contributed by atoms with Crippen LogP contribution in [-0.2, 0) is 14.8 Å². The maximum Gasteiger partial charge on any atom is 0.337 e. The Balaban J connectivity index is 1.24. The van der Waals surface area contributed by atoms with Gasteiger partial charge in [-0.2, -0.15) is 13.1 Å². The van der Waals surface area contributed by atoms with E-state index >= 15 is 0 Å². The Morgan fingerprint density at radius 2 is 1.74 bits per heavy atom. The van der Waals surface area contributed by atoms with Crippen molar-refractivity contribution in [2.45, 2.75) is 48.2 Å². The fourth-order valence-electron chi connectivity index (χ4n) is 4.59. The molecule has 0 bridgehead atoms. The lowest BCUT2D eigenvalue weighted by Crippen LogP contribution is -2.43. The summed E-state index contributed by atoms with van der Waals surface area (Å²) in [7, 11) is -3.75. The molecule has 1 fully saturated rings. The number of benzene rings is 2. The van der Waals surface area contributed by atoms with Gasteiger partial charge in [0.2, 0.25) is 5.91 Å². The van der Waals surface area contributed by atoms with Gasteiger partial charge in [0.15, 0.2) is 0 Å². The first-order chi connectivity index (χ1) is 18.5. The molecular weight excluding hydrogens is 520 g/mol. The molecule has 0 unspecified atom stereocenters. The van der Waals surface area contributed by atoms with Crippen molar-refractivity contribution in [2.24, 2.45) is 0 Å². The molecule has 1 aliphatic carbocycles. The van der Waals surface area contributed by atoms with Crippen LogP contribution in [0.4, 0.5) is 11.5 Å². The standard InChI is InChI=1S/C27H28N6O3S2/c34-25(29-21-14-16-23(17-15-21)38(35,36)32-24-13-7-8-18-28-24)19-37-27-31-30-26(20-9-3-1-4-10-20)33(27)22-11-5-2-6-12-22/h1,3-4,7-10,13-18,22H,2,5-6,11-12,19H2,(H2,28,29,32,34)/p+2. The van der Waals surface area contributed by atoms with E-state index < -0.39 is 10.0 Å². The van der Waals surface area contributed by atoms with Crippen molar-refractivity contribution in [1.29, 1.82) is 0 Å². The first-order valence-electron chi connectivity index (χ1n) is 12.6. The van der Waals surface area contributed by atoms with Gasteiger partial charge in [0, 0.05) is 11.8 Å². The zero-order valence-corrected chi connectivity index (χ0v) is 22.4. The van der Waals surface area contributed by atoms with Crippen molar-refractivity contribution < 1.29 is 22.8 Å². The number of nitrogens with one attached hydrogen (secondary N) is 4. The molecule has 11 heteroatoms. The zero-order valence-electron chi connectivity index (χ0n) is 20.8. The second-order valence-corrected chi connectivity index (χ2v) is 11.8. The summed E-state index contributed by atoms with van der Waals surface area (Å²) in [5.41, 5.74) is 1.59. The van der Waals surface area contributed by atoms with E-state index in [9.17, 15) is 13.2 Å². The smallest absolute Gasteiger partial charge is 0.325 e. The van der Waals surface area contributed by atoms with E-state index in [1.54, 1.807) is 36.5 Å². The van der Waals surface area contributed by atoms with Gasteiger partial charge in [-0.25, -0.2) is 9.55 Å². The molecule has 9 nitrogen and oxygen atoms in total. The largest absolute Gasteiger partial charge is 0.337 e. The SMILES string of the molecule is O=C(CSc1n[nH]c(-c2ccccc2)[n+]1C1CCCCC1)Nc1ccc(S(=O)(=O)Nc2cccc[nH+]2)cc1. The third kappa shape index (κ3) is 6.22. The molecule has 0 spiro atoms. The number of rotatable bonds is 9. The summed E-state index contributed by atoms with van der Waals surface area (Å²) in [5.74, 6) is 1.30. The summed E-state index contributed by atoms with van der Waals surface area (Å²) in [6.07, 6.45) is 7.45. The lowest BCUT2D eigenvalue weighted by atomic mass is 9.95. The molecule has 2 aromatic carbocycles. The van der Waals surface area contributed by atoms with Crippen LogP contribution in [0, 0.1) is 0 Å². The highest BCUT2D eigenvalue weighted by molar-refractivity contribution is 7.99. The number of aromatic nitrogens is 4. The molecule has 1 saturated carbocycles. The molecule has 38 heavy (non-hydrogen) atoms. The Bertz CT molecular complexity index is 1470. The number of H-pyrrole nitrogens is 2. The summed E-state index contributed by atoms with van der Waals surface area (Å²) in [4.78, 5) is 15.7. The fraction of sp³-hybridized carbons (Fsp3) is 0.259. The van der Waals surface area contributed by atoms with E-state index in [0.29, 0.717) is 17.5 Å². The van der Waals surface area contributed by atoms with Crippen LogP contribution in [0.2, 0.25) is 0 Å². The normalized spacial score (nSPS) is 14.2. The highest BCUT2D eigenvalue weighted by atomic mass is 32.2. The quantitative estimate of drug-likeness (QED) is 0.213. The fourth-order valence-corrected chi connectivity index (χ4v) is 6.44. The summed E-state index contributed by atoms with van der Waals surface area (Å²) in [5, 5.41) is 11.4. The van der Waals surface area contributed by atoms with Gasteiger partial charge in [0.25, 0.3) is 11.6 Å². The zero-order chi connectivity index (χ0) is 26.4. The number of hydrogen-bond acceptors (Lipinski definition) is 5. The van der Waals surface area contributed by atoms with Gasteiger partial charge in [0.1, 0.15) is 4.90 Å². The molecule has 1 amide bonds. The molecule has 196 valence electrons. The number of amides is 1. The third-order valence-corrected chi connectivity index (χ3v) is 8.76. The van der Waals surface area contributed by atoms with E-state index in [1.165, 1.54) is 43.2 Å². The molecule has 0 radical (unpaired) electrons. The molecule has 5 rings (SSSR count). The number of carbonyl (C=O) groups excluding carboxylic acids is 1. The van der Waals surface area contributed by atoms with Gasteiger partial charge < -0.3 is 5.32 Å². The average molecular weight is 551 g/mol. The van der Waals surface area contributed by atoms with Crippen LogP contribution in [0.1, 0.15) is 38.1 Å². The van der Waals surface area contributed by atoms with Crippen LogP contribution >= 0.6 is 11.8 Å². The molecule has 1 aliphatic rings. The monoisotopic (exact) mass is 550 g/mol. The van der Waals surface area contributed by atoms with E-state index in [-0.39, 0.29) is 16.6 Å². The molecule has 0 atom stereocenters. The topological polar surface area (TPSA) is 122 Å². The van der Waals surface area contributed by atoms with Gasteiger partial charge in [0.05, 0.1) is 28.7 Å². The number of nitrogens with zero attached hydrogens (tertiary/aromatic N) is 2. The Hall–Kier alpha value is -3.70. The van der Waals surface area contributed by atoms with Gasteiger partial charge in [-0.15, -0.1) is 5.10 Å². The summed E-state index contributed by atoms with van der Waals surface area (Å²) in [6, 6.07) is 21.7. The summed E-state index contributed by atoms with van der Waals surface area (Å²) in [6.45, 7) is 0. The Kier molecular flexibility index (Phi) is 8.04. The van der Waals surface area contributed by atoms with Crippen LogP contribution in [0.15, 0.2) is 89.0 Å². The second-order valence-electron chi connectivity index (χ2n) is 9.13. The van der Waals surface area contributed by atoms with Gasteiger partial charge in [-0.05, 0) is 79.9 Å². The summed E-state index contributed by atoms with van der Waals surface area (Å²) >= 11 is 1.39. The van der Waals surface area contributed by atoms with Crippen LogP contribution in [0.25, 0.3) is 11.4 Å². The highest BCUT2D eigenvalue weighted by Crippen LogP contribution is 2.29.